The summed E-state index contributed by atoms with van der Waals surface area (Å²) in [7, 11) is 0. The van der Waals surface area contributed by atoms with Gasteiger partial charge >= 0.3 is 0 Å². The number of amides is 2. The molecule has 0 unspecified atom stereocenters. The molecule has 3 aromatic rings. The molecule has 1 aromatic heterocycles. The van der Waals surface area contributed by atoms with Gasteiger partial charge in [0.05, 0.1) is 23.0 Å². The van der Waals surface area contributed by atoms with Gasteiger partial charge in [0.2, 0.25) is 0 Å². The first kappa shape index (κ1) is 23.1. The zero-order valence-corrected chi connectivity index (χ0v) is 20.6. The number of nitro benzene ring substituents is 1. The Morgan fingerprint density at radius 3 is 1.95 bits per heavy atom. The van der Waals surface area contributed by atoms with Gasteiger partial charge in [0.15, 0.2) is 0 Å². The molecular formula is C29H26N4O4. The highest BCUT2D eigenvalue weighted by Gasteiger charge is 2.56. The SMILES string of the molecule is Cc1cc(/C=N\N2C(=O)[C@@H]3[C@@H](C2=O)[C@H]2C=C[C@H]3CC2)c(C)n1-c1ccc(-c2ccc([N+](=O)[O-])cc2)cc1. The zero-order valence-electron chi connectivity index (χ0n) is 20.6. The molecule has 2 aromatic carbocycles. The Morgan fingerprint density at radius 1 is 0.892 bits per heavy atom. The fourth-order valence-electron chi connectivity index (χ4n) is 6.19. The van der Waals surface area contributed by atoms with Gasteiger partial charge < -0.3 is 4.57 Å². The fourth-order valence-corrected chi connectivity index (χ4v) is 6.19. The summed E-state index contributed by atoms with van der Waals surface area (Å²) in [5.74, 6) is -0.608. The summed E-state index contributed by atoms with van der Waals surface area (Å²) in [6.45, 7) is 3.98. The molecule has 37 heavy (non-hydrogen) atoms. The number of carbonyl (C=O) groups is 2. The van der Waals surface area contributed by atoms with Crippen LogP contribution in [0.4, 0.5) is 5.69 Å². The molecule has 7 rings (SSSR count). The predicted molar refractivity (Wildman–Crippen MR) is 139 cm³/mol. The van der Waals surface area contributed by atoms with Crippen molar-refractivity contribution in [3.8, 4) is 16.8 Å². The Bertz CT molecular complexity index is 1450. The van der Waals surface area contributed by atoms with Crippen LogP contribution in [0.15, 0.2) is 71.9 Å². The molecule has 8 heteroatoms. The van der Waals surface area contributed by atoms with Crippen molar-refractivity contribution >= 4 is 23.7 Å². The Hall–Kier alpha value is -4.33. The molecular weight excluding hydrogens is 468 g/mol. The molecule has 0 N–H and O–H groups in total. The number of hydrazone groups is 1. The van der Waals surface area contributed by atoms with E-state index in [9.17, 15) is 19.7 Å². The van der Waals surface area contributed by atoms with Gasteiger partial charge in [-0.15, -0.1) is 0 Å². The average Bonchev–Trinajstić information content (AvgIpc) is 3.35. The van der Waals surface area contributed by atoms with Gasteiger partial charge in [-0.2, -0.15) is 10.1 Å². The number of carbonyl (C=O) groups excluding carboxylic acids is 2. The summed E-state index contributed by atoms with van der Waals surface area (Å²) in [4.78, 5) is 36.6. The first-order valence-corrected chi connectivity index (χ1v) is 12.5. The number of hydrogen-bond donors (Lipinski definition) is 0. The van der Waals surface area contributed by atoms with E-state index in [1.54, 1.807) is 18.3 Å². The average molecular weight is 495 g/mol. The Balaban J connectivity index is 1.23. The van der Waals surface area contributed by atoms with Crippen LogP contribution >= 0.6 is 0 Å². The minimum Gasteiger partial charge on any atom is -0.318 e. The molecule has 1 aliphatic heterocycles. The second-order valence-electron chi connectivity index (χ2n) is 10.1. The lowest BCUT2D eigenvalue weighted by Gasteiger charge is -2.37. The molecule has 0 radical (unpaired) electrons. The van der Waals surface area contributed by atoms with Crippen LogP contribution in [-0.4, -0.2) is 32.5 Å². The minimum atomic E-state index is -0.408. The van der Waals surface area contributed by atoms with E-state index in [0.717, 1.165) is 51.6 Å². The number of aromatic nitrogens is 1. The first-order chi connectivity index (χ1) is 17.8. The Labute approximate surface area is 214 Å². The molecule has 8 nitrogen and oxygen atoms in total. The maximum Gasteiger partial charge on any atom is 0.269 e. The normalized spacial score (nSPS) is 24.3. The molecule has 186 valence electrons. The third kappa shape index (κ3) is 3.71. The number of rotatable bonds is 5. The molecule has 4 atom stereocenters. The van der Waals surface area contributed by atoms with Crippen LogP contribution in [0.5, 0.6) is 0 Å². The van der Waals surface area contributed by atoms with Crippen LogP contribution in [0.2, 0.25) is 0 Å². The van der Waals surface area contributed by atoms with Gasteiger partial charge in [-0.05, 0) is 80.0 Å². The van der Waals surface area contributed by atoms with Crippen molar-refractivity contribution in [2.45, 2.75) is 26.7 Å². The van der Waals surface area contributed by atoms with Crippen molar-refractivity contribution in [2.75, 3.05) is 0 Å². The van der Waals surface area contributed by atoms with E-state index in [1.807, 2.05) is 44.2 Å². The number of nitrogens with zero attached hydrogens (tertiary/aromatic N) is 4. The number of imide groups is 1. The van der Waals surface area contributed by atoms with E-state index in [2.05, 4.69) is 21.8 Å². The smallest absolute Gasteiger partial charge is 0.269 e. The van der Waals surface area contributed by atoms with Gasteiger partial charge in [0.25, 0.3) is 17.5 Å². The highest BCUT2D eigenvalue weighted by atomic mass is 16.6. The molecule has 4 aliphatic rings. The number of hydrogen-bond acceptors (Lipinski definition) is 5. The van der Waals surface area contributed by atoms with E-state index >= 15 is 0 Å². The molecule has 0 spiro atoms. The zero-order chi connectivity index (χ0) is 25.8. The third-order valence-corrected chi connectivity index (χ3v) is 8.06. The second kappa shape index (κ2) is 8.65. The Morgan fingerprint density at radius 2 is 1.43 bits per heavy atom. The predicted octanol–water partition coefficient (Wildman–Crippen LogP) is 5.20. The summed E-state index contributed by atoms with van der Waals surface area (Å²) < 4.78 is 2.10. The van der Waals surface area contributed by atoms with Crippen molar-refractivity contribution in [3.05, 3.63) is 93.8 Å². The Kier molecular flexibility index (Phi) is 5.40. The van der Waals surface area contributed by atoms with Crippen molar-refractivity contribution in [2.24, 2.45) is 28.8 Å². The summed E-state index contributed by atoms with van der Waals surface area (Å²) in [5, 5.41) is 16.4. The number of non-ortho nitro benzene ring substituents is 1. The van der Waals surface area contributed by atoms with E-state index in [0.29, 0.717) is 0 Å². The molecule has 1 saturated carbocycles. The fraction of sp³-hybridized carbons (Fsp3) is 0.276. The quantitative estimate of drug-likeness (QED) is 0.160. The van der Waals surface area contributed by atoms with Crippen LogP contribution in [0.25, 0.3) is 16.8 Å². The standard InChI is InChI=1S/C29H26N4O4/c1-17-15-23(16-30-32-28(34)26-21-3-4-22(6-5-21)27(26)29(32)35)18(2)31(17)24-11-7-19(8-12-24)20-9-13-25(14-10-20)33(36)37/h3-4,7-16,21-22,26-27H,5-6H2,1-2H3/b30-16-/t21-,22-,26-,27-/m0/s1. The van der Waals surface area contributed by atoms with Gasteiger partial charge in [-0.25, -0.2) is 0 Å². The van der Waals surface area contributed by atoms with Crippen molar-refractivity contribution in [1.29, 1.82) is 0 Å². The number of benzene rings is 2. The van der Waals surface area contributed by atoms with Gasteiger partial charge in [0.1, 0.15) is 0 Å². The van der Waals surface area contributed by atoms with Gasteiger partial charge in [0, 0.05) is 34.8 Å². The molecule has 2 bridgehead atoms. The lowest BCUT2D eigenvalue weighted by Crippen LogP contribution is -2.38. The highest BCUT2D eigenvalue weighted by molar-refractivity contribution is 6.06. The number of allylic oxidation sites excluding steroid dienone is 2. The molecule has 2 amide bonds. The summed E-state index contributed by atoms with van der Waals surface area (Å²) >= 11 is 0. The highest BCUT2D eigenvalue weighted by Crippen LogP contribution is 2.49. The van der Waals surface area contributed by atoms with Gasteiger partial charge in [-0.1, -0.05) is 24.3 Å². The minimum absolute atomic E-state index is 0.0632. The van der Waals surface area contributed by atoms with Crippen LogP contribution in [0, 0.1) is 47.6 Å². The topological polar surface area (TPSA) is 97.8 Å². The van der Waals surface area contributed by atoms with Crippen molar-refractivity contribution < 1.29 is 14.5 Å². The maximum atomic E-state index is 13.1. The molecule has 2 fully saturated rings. The van der Waals surface area contributed by atoms with Crippen LogP contribution in [0.1, 0.15) is 29.8 Å². The van der Waals surface area contributed by atoms with Crippen LogP contribution < -0.4 is 0 Å². The third-order valence-electron chi connectivity index (χ3n) is 8.06. The molecule has 2 heterocycles. The van der Waals surface area contributed by atoms with E-state index < -0.39 is 4.92 Å². The lowest BCUT2D eigenvalue weighted by atomic mass is 9.63. The summed E-state index contributed by atoms with van der Waals surface area (Å²) in [6, 6.07) is 16.4. The first-order valence-electron chi connectivity index (χ1n) is 12.5. The second-order valence-corrected chi connectivity index (χ2v) is 10.1. The number of nitro groups is 1. The van der Waals surface area contributed by atoms with Crippen LogP contribution in [-0.2, 0) is 9.59 Å². The molecule has 1 saturated heterocycles. The van der Waals surface area contributed by atoms with E-state index in [4.69, 9.17) is 0 Å². The monoisotopic (exact) mass is 494 g/mol. The number of aryl methyl sites for hydroxylation is 1. The summed E-state index contributed by atoms with van der Waals surface area (Å²) in [5.41, 5.74) is 5.66. The molecule has 3 aliphatic carbocycles. The number of fused-ring (bicyclic) bond motifs is 1. The maximum absolute atomic E-state index is 13.1. The van der Waals surface area contributed by atoms with Crippen molar-refractivity contribution in [1.82, 2.24) is 9.58 Å². The van der Waals surface area contributed by atoms with Crippen molar-refractivity contribution in [3.63, 3.8) is 0 Å². The van der Waals surface area contributed by atoms with E-state index in [1.165, 1.54) is 12.1 Å². The lowest BCUT2D eigenvalue weighted by molar-refractivity contribution is -0.384. The van der Waals surface area contributed by atoms with Gasteiger partial charge in [-0.3, -0.25) is 19.7 Å². The van der Waals surface area contributed by atoms with Crippen LogP contribution in [0.3, 0.4) is 0 Å². The largest absolute Gasteiger partial charge is 0.318 e. The van der Waals surface area contributed by atoms with E-state index in [-0.39, 0.29) is 41.2 Å². The summed E-state index contributed by atoms with van der Waals surface area (Å²) in [6.07, 6.45) is 7.75.